The van der Waals surface area contributed by atoms with E-state index >= 15 is 0 Å². The molecule has 0 spiro atoms. The zero-order valence-electron chi connectivity index (χ0n) is 44.2. The van der Waals surface area contributed by atoms with Crippen molar-refractivity contribution in [1.82, 2.24) is 0 Å². The van der Waals surface area contributed by atoms with Crippen LogP contribution in [-0.2, 0) is 0 Å². The third-order valence-corrected chi connectivity index (χ3v) is 14.0. The highest BCUT2D eigenvalue weighted by Crippen LogP contribution is 2.45. The van der Waals surface area contributed by atoms with Crippen LogP contribution in [0.5, 0.6) is 23.0 Å². The van der Waals surface area contributed by atoms with Crippen LogP contribution in [-0.4, -0.2) is 26.4 Å². The fourth-order valence-corrected chi connectivity index (χ4v) is 9.69. The van der Waals surface area contributed by atoms with Crippen LogP contribution in [0.1, 0.15) is 285 Å². The van der Waals surface area contributed by atoms with E-state index in [2.05, 4.69) is 64.1 Å². The van der Waals surface area contributed by atoms with Gasteiger partial charge in [-0.3, -0.25) is 0 Å². The third kappa shape index (κ3) is 26.8. The van der Waals surface area contributed by atoms with E-state index in [9.17, 15) is 0 Å². The largest absolute Gasteiger partial charge is 0.494 e. The van der Waals surface area contributed by atoms with Gasteiger partial charge in [-0.15, -0.1) is 0 Å². The molecular formula is C62H106O4. The summed E-state index contributed by atoms with van der Waals surface area (Å²) in [6.45, 7) is 12.2. The van der Waals surface area contributed by atoms with Gasteiger partial charge in [0.15, 0.2) is 0 Å². The van der Waals surface area contributed by atoms with Gasteiger partial charge in [0, 0.05) is 21.5 Å². The van der Waals surface area contributed by atoms with Gasteiger partial charge in [-0.25, -0.2) is 0 Å². The molecule has 0 saturated heterocycles. The molecule has 0 fully saturated rings. The monoisotopic (exact) mass is 915 g/mol. The smallest absolute Gasteiger partial charge is 0.135 e. The van der Waals surface area contributed by atoms with Crippen LogP contribution >= 0.6 is 0 Å². The van der Waals surface area contributed by atoms with Crippen molar-refractivity contribution in [2.24, 2.45) is 0 Å². The number of unbranched alkanes of at least 4 members (excludes halogenated alkanes) is 36. The van der Waals surface area contributed by atoms with Crippen LogP contribution in [0.4, 0.5) is 0 Å². The molecule has 3 rings (SSSR count). The zero-order valence-corrected chi connectivity index (χ0v) is 44.2. The summed E-state index contributed by atoms with van der Waals surface area (Å²) in [6.07, 6.45) is 52.9. The van der Waals surface area contributed by atoms with Gasteiger partial charge in [0.2, 0.25) is 0 Å². The van der Waals surface area contributed by atoms with Gasteiger partial charge in [0.25, 0.3) is 0 Å². The lowest BCUT2D eigenvalue weighted by atomic mass is 9.99. The number of benzene rings is 3. The highest BCUT2D eigenvalue weighted by molar-refractivity contribution is 6.11. The van der Waals surface area contributed by atoms with E-state index in [1.54, 1.807) is 0 Å². The van der Waals surface area contributed by atoms with Crippen molar-refractivity contribution in [2.75, 3.05) is 26.4 Å². The minimum Gasteiger partial charge on any atom is -0.494 e. The maximum Gasteiger partial charge on any atom is 0.135 e. The highest BCUT2D eigenvalue weighted by Gasteiger charge is 2.19. The molecule has 0 aliphatic carbocycles. The van der Waals surface area contributed by atoms with Crippen molar-refractivity contribution in [3.8, 4) is 23.0 Å². The normalized spacial score (nSPS) is 11.6. The van der Waals surface area contributed by atoms with Crippen molar-refractivity contribution < 1.29 is 18.9 Å². The first-order valence-electron chi connectivity index (χ1n) is 29.3. The lowest BCUT2D eigenvalue weighted by molar-refractivity contribution is 0.300. The van der Waals surface area contributed by atoms with E-state index in [1.165, 1.54) is 231 Å². The van der Waals surface area contributed by atoms with Crippen molar-refractivity contribution in [2.45, 2.75) is 285 Å². The molecule has 0 aromatic heterocycles. The summed E-state index contributed by atoms with van der Waals surface area (Å²) < 4.78 is 26.8. The highest BCUT2D eigenvalue weighted by atomic mass is 16.5. The number of ether oxygens (including phenoxy) is 4. The van der Waals surface area contributed by atoms with E-state index < -0.39 is 0 Å². The Labute approximate surface area is 409 Å². The standard InChI is InChI=1S/C62H106O4/c1-5-9-13-17-21-25-29-33-37-41-49-63-55-45-47-57-59(53-55)61(65-51-43-39-35-31-27-23-19-15-11-7-3)58-48-46-56(64-50-42-38-34-30-26-22-18-14-10-6-2)54-60(58)62(57)66-52-44-40-36-32-28-24-20-16-12-8-4/h45-48,53-54H,5-44,49-52H2,1-4H3. The minimum atomic E-state index is 0.722. The number of hydrogen-bond donors (Lipinski definition) is 0. The third-order valence-electron chi connectivity index (χ3n) is 14.0. The van der Waals surface area contributed by atoms with Gasteiger partial charge in [0.1, 0.15) is 23.0 Å². The van der Waals surface area contributed by atoms with Gasteiger partial charge in [0.05, 0.1) is 26.4 Å². The summed E-state index contributed by atoms with van der Waals surface area (Å²) in [6, 6.07) is 13.3. The first-order valence-corrected chi connectivity index (χ1v) is 29.3. The molecular weight excluding hydrogens is 809 g/mol. The Balaban J connectivity index is 1.72. The van der Waals surface area contributed by atoms with Crippen LogP contribution < -0.4 is 18.9 Å². The molecule has 0 amide bonds. The predicted molar refractivity (Wildman–Crippen MR) is 291 cm³/mol. The summed E-state index contributed by atoms with van der Waals surface area (Å²) in [5.74, 6) is 3.79. The van der Waals surface area contributed by atoms with Crippen molar-refractivity contribution in [3.05, 3.63) is 36.4 Å². The van der Waals surface area contributed by atoms with Gasteiger partial charge in [-0.05, 0) is 62.1 Å². The fraction of sp³-hybridized carbons (Fsp3) is 0.774. The van der Waals surface area contributed by atoms with Crippen LogP contribution in [0.2, 0.25) is 0 Å². The van der Waals surface area contributed by atoms with E-state index in [1.807, 2.05) is 0 Å². The first-order chi connectivity index (χ1) is 32.7. The SMILES string of the molecule is CCCCCCCCCCCCOc1ccc2c(OCCCCCCCCCCCC)c3cc(OCCCCCCCCCCCC)ccc3c(OCCCCCCCCCCCC)c2c1. The molecule has 4 nitrogen and oxygen atoms in total. The second kappa shape index (κ2) is 41.4. The maximum atomic E-state index is 6.90. The average molecular weight is 916 g/mol. The lowest BCUT2D eigenvalue weighted by Gasteiger charge is -2.20. The topological polar surface area (TPSA) is 36.9 Å². The van der Waals surface area contributed by atoms with Crippen LogP contribution in [0.25, 0.3) is 21.5 Å². The Hall–Kier alpha value is -2.62. The quantitative estimate of drug-likeness (QED) is 0.0418. The molecule has 378 valence electrons. The van der Waals surface area contributed by atoms with Gasteiger partial charge >= 0.3 is 0 Å². The summed E-state index contributed by atoms with van der Waals surface area (Å²) >= 11 is 0. The maximum absolute atomic E-state index is 6.90. The molecule has 0 saturated carbocycles. The lowest BCUT2D eigenvalue weighted by Crippen LogP contribution is -2.04. The Morgan fingerprint density at radius 1 is 0.227 bits per heavy atom. The number of fused-ring (bicyclic) bond motifs is 2. The first kappa shape index (κ1) is 57.7. The summed E-state index contributed by atoms with van der Waals surface area (Å²) in [5, 5.41) is 4.44. The van der Waals surface area contributed by atoms with Gasteiger partial charge in [-0.1, -0.05) is 259 Å². The molecule has 3 aromatic carbocycles. The summed E-state index contributed by atoms with van der Waals surface area (Å²) in [5.41, 5.74) is 0. The minimum absolute atomic E-state index is 0.722. The molecule has 0 atom stereocenters. The van der Waals surface area contributed by atoms with E-state index in [0.717, 1.165) is 96.7 Å². The number of rotatable bonds is 48. The second-order valence-electron chi connectivity index (χ2n) is 20.2. The molecule has 0 aliphatic rings. The molecule has 3 aromatic rings. The van der Waals surface area contributed by atoms with Gasteiger partial charge < -0.3 is 18.9 Å². The Kier molecular flexibility index (Phi) is 36.2. The van der Waals surface area contributed by atoms with Crippen LogP contribution in [0, 0.1) is 0 Å². The predicted octanol–water partition coefficient (Wildman–Crippen LogP) is 21.2. The van der Waals surface area contributed by atoms with E-state index in [4.69, 9.17) is 18.9 Å². The molecule has 0 heterocycles. The zero-order chi connectivity index (χ0) is 46.8. The Bertz CT molecular complexity index is 1430. The molecule has 4 heteroatoms. The molecule has 0 N–H and O–H groups in total. The summed E-state index contributed by atoms with van der Waals surface area (Å²) in [7, 11) is 0. The van der Waals surface area contributed by atoms with E-state index in [0.29, 0.717) is 0 Å². The fourth-order valence-electron chi connectivity index (χ4n) is 9.69. The Morgan fingerprint density at radius 3 is 0.682 bits per heavy atom. The number of hydrogen-bond acceptors (Lipinski definition) is 4. The average Bonchev–Trinajstić information content (AvgIpc) is 3.33. The molecule has 0 bridgehead atoms. The van der Waals surface area contributed by atoms with Crippen molar-refractivity contribution >= 4 is 21.5 Å². The molecule has 66 heavy (non-hydrogen) atoms. The van der Waals surface area contributed by atoms with Crippen molar-refractivity contribution in [3.63, 3.8) is 0 Å². The summed E-state index contributed by atoms with van der Waals surface area (Å²) in [4.78, 5) is 0. The Morgan fingerprint density at radius 2 is 0.439 bits per heavy atom. The van der Waals surface area contributed by atoms with E-state index in [-0.39, 0.29) is 0 Å². The molecule has 0 radical (unpaired) electrons. The van der Waals surface area contributed by atoms with Crippen LogP contribution in [0.3, 0.4) is 0 Å². The van der Waals surface area contributed by atoms with Crippen molar-refractivity contribution in [1.29, 1.82) is 0 Å². The van der Waals surface area contributed by atoms with Gasteiger partial charge in [-0.2, -0.15) is 0 Å². The second-order valence-corrected chi connectivity index (χ2v) is 20.2. The van der Waals surface area contributed by atoms with Crippen LogP contribution in [0.15, 0.2) is 36.4 Å². The molecule has 0 aliphatic heterocycles. The molecule has 0 unspecified atom stereocenters.